The first-order valence-electron chi connectivity index (χ1n) is 5.18. The van der Waals surface area contributed by atoms with Crippen molar-refractivity contribution in [1.29, 1.82) is 0 Å². The molecule has 0 radical (unpaired) electrons. The van der Waals surface area contributed by atoms with Crippen molar-refractivity contribution in [3.63, 3.8) is 0 Å². The van der Waals surface area contributed by atoms with Crippen LogP contribution in [0.4, 0.5) is 18.9 Å². The van der Waals surface area contributed by atoms with Crippen LogP contribution in [0.15, 0.2) is 36.4 Å². The van der Waals surface area contributed by atoms with Gasteiger partial charge < -0.3 is 5.32 Å². The second kappa shape index (κ2) is 5.32. The molecule has 0 spiro atoms. The minimum Gasteiger partial charge on any atom is -0.319 e. The second-order valence-electron chi connectivity index (χ2n) is 3.74. The quantitative estimate of drug-likeness (QED) is 0.887. The summed E-state index contributed by atoms with van der Waals surface area (Å²) >= 11 is 5.66. The van der Waals surface area contributed by atoms with Crippen molar-refractivity contribution in [2.24, 2.45) is 0 Å². The summed E-state index contributed by atoms with van der Waals surface area (Å²) in [5, 5.41) is 2.41. The molecule has 2 aromatic carbocycles. The molecule has 0 aliphatic carbocycles. The smallest absolute Gasteiger partial charge is 0.255 e. The van der Waals surface area contributed by atoms with Crippen LogP contribution in [0.1, 0.15) is 10.4 Å². The predicted octanol–water partition coefficient (Wildman–Crippen LogP) is 4.01. The molecule has 2 rings (SSSR count). The first kappa shape index (κ1) is 13.4. The fourth-order valence-corrected chi connectivity index (χ4v) is 1.64. The number of anilines is 1. The van der Waals surface area contributed by atoms with Gasteiger partial charge >= 0.3 is 0 Å². The molecule has 1 N–H and O–H groups in total. The van der Waals surface area contributed by atoms with Crippen LogP contribution in [0, 0.1) is 17.5 Å². The molecule has 0 saturated heterocycles. The first-order chi connectivity index (χ1) is 8.95. The number of halogens is 4. The van der Waals surface area contributed by atoms with E-state index in [1.807, 2.05) is 0 Å². The van der Waals surface area contributed by atoms with E-state index in [2.05, 4.69) is 5.32 Å². The average molecular weight is 286 g/mol. The lowest BCUT2D eigenvalue weighted by Crippen LogP contribution is -2.13. The minimum atomic E-state index is -0.892. The van der Waals surface area contributed by atoms with Crippen molar-refractivity contribution in [3.05, 3.63) is 64.4 Å². The molecule has 98 valence electrons. The summed E-state index contributed by atoms with van der Waals surface area (Å²) in [6.45, 7) is 0. The molecule has 0 fully saturated rings. The molecule has 19 heavy (non-hydrogen) atoms. The van der Waals surface area contributed by atoms with Gasteiger partial charge in [0, 0.05) is 16.7 Å². The molecule has 0 aliphatic heterocycles. The lowest BCUT2D eigenvalue weighted by atomic mass is 10.2. The summed E-state index contributed by atoms with van der Waals surface area (Å²) in [6.07, 6.45) is 0. The number of hydrogen-bond donors (Lipinski definition) is 1. The van der Waals surface area contributed by atoms with Gasteiger partial charge in [0.25, 0.3) is 5.91 Å². The highest BCUT2D eigenvalue weighted by atomic mass is 35.5. The van der Waals surface area contributed by atoms with Crippen molar-refractivity contribution in [1.82, 2.24) is 0 Å². The van der Waals surface area contributed by atoms with E-state index in [9.17, 15) is 18.0 Å². The summed E-state index contributed by atoms with van der Waals surface area (Å²) in [5.41, 5.74) is -0.418. The van der Waals surface area contributed by atoms with Gasteiger partial charge in [0.05, 0.1) is 5.69 Å². The largest absolute Gasteiger partial charge is 0.319 e. The molecule has 0 unspecified atom stereocenters. The Morgan fingerprint density at radius 2 is 1.63 bits per heavy atom. The van der Waals surface area contributed by atoms with Gasteiger partial charge in [-0.1, -0.05) is 11.6 Å². The van der Waals surface area contributed by atoms with Gasteiger partial charge in [-0.3, -0.25) is 4.79 Å². The monoisotopic (exact) mass is 285 g/mol. The number of nitrogens with one attached hydrogen (secondary N) is 1. The summed E-state index contributed by atoms with van der Waals surface area (Å²) in [5.74, 6) is -3.32. The van der Waals surface area contributed by atoms with Gasteiger partial charge in [0.1, 0.15) is 17.5 Å². The van der Waals surface area contributed by atoms with Gasteiger partial charge in [0.15, 0.2) is 0 Å². The van der Waals surface area contributed by atoms with Crippen LogP contribution in [-0.2, 0) is 0 Å². The van der Waals surface area contributed by atoms with E-state index in [-0.39, 0.29) is 16.3 Å². The number of hydrogen-bond acceptors (Lipinski definition) is 1. The van der Waals surface area contributed by atoms with Crippen molar-refractivity contribution >= 4 is 23.2 Å². The fraction of sp³-hybridized carbons (Fsp3) is 0. The molecule has 6 heteroatoms. The maximum Gasteiger partial charge on any atom is 0.255 e. The zero-order chi connectivity index (χ0) is 14.0. The Labute approximate surface area is 111 Å². The first-order valence-corrected chi connectivity index (χ1v) is 5.56. The predicted molar refractivity (Wildman–Crippen MR) is 65.7 cm³/mol. The SMILES string of the molecule is O=C(Nc1cc(Cl)ccc1F)c1cc(F)cc(F)c1. The molecule has 1 amide bonds. The van der Waals surface area contributed by atoms with Crippen molar-refractivity contribution in [3.8, 4) is 0 Å². The summed E-state index contributed by atoms with van der Waals surface area (Å²) in [6, 6.07) is 5.92. The molecular formula is C13H7ClF3NO. The van der Waals surface area contributed by atoms with Crippen LogP contribution >= 0.6 is 11.6 Å². The van der Waals surface area contributed by atoms with Gasteiger partial charge in [-0.05, 0) is 30.3 Å². The Hall–Kier alpha value is -2.01. The Morgan fingerprint density at radius 1 is 1.00 bits per heavy atom. The van der Waals surface area contributed by atoms with E-state index in [1.54, 1.807) is 0 Å². The number of carbonyl (C=O) groups excluding carboxylic acids is 1. The summed E-state index contributed by atoms with van der Waals surface area (Å²) in [4.78, 5) is 11.7. The Balaban J connectivity index is 2.28. The van der Waals surface area contributed by atoms with E-state index < -0.39 is 23.4 Å². The topological polar surface area (TPSA) is 29.1 Å². The molecule has 0 aliphatic rings. The van der Waals surface area contributed by atoms with Gasteiger partial charge in [0.2, 0.25) is 0 Å². The Bertz CT molecular complexity index is 626. The number of benzene rings is 2. The van der Waals surface area contributed by atoms with Crippen LogP contribution in [-0.4, -0.2) is 5.91 Å². The molecular weight excluding hydrogens is 279 g/mol. The van der Waals surface area contributed by atoms with E-state index in [1.165, 1.54) is 12.1 Å². The second-order valence-corrected chi connectivity index (χ2v) is 4.17. The number of carbonyl (C=O) groups is 1. The van der Waals surface area contributed by atoms with Crippen LogP contribution in [0.2, 0.25) is 5.02 Å². The van der Waals surface area contributed by atoms with Crippen LogP contribution in [0.25, 0.3) is 0 Å². The maximum atomic E-state index is 13.4. The van der Waals surface area contributed by atoms with E-state index >= 15 is 0 Å². The van der Waals surface area contributed by atoms with Crippen LogP contribution in [0.5, 0.6) is 0 Å². The van der Waals surface area contributed by atoms with E-state index in [4.69, 9.17) is 11.6 Å². The number of amides is 1. The lowest BCUT2D eigenvalue weighted by Gasteiger charge is -2.07. The van der Waals surface area contributed by atoms with Crippen molar-refractivity contribution in [2.45, 2.75) is 0 Å². The van der Waals surface area contributed by atoms with Crippen molar-refractivity contribution in [2.75, 3.05) is 5.32 Å². The standard InChI is InChI=1S/C13H7ClF3NO/c14-8-1-2-11(17)12(5-8)18-13(19)7-3-9(15)6-10(16)4-7/h1-6H,(H,18,19). The highest BCUT2D eigenvalue weighted by Gasteiger charge is 2.12. The zero-order valence-corrected chi connectivity index (χ0v) is 10.1. The van der Waals surface area contributed by atoms with Crippen LogP contribution < -0.4 is 5.32 Å². The highest BCUT2D eigenvalue weighted by molar-refractivity contribution is 6.31. The third-order valence-electron chi connectivity index (χ3n) is 2.30. The Kier molecular flexibility index (Phi) is 3.76. The molecule has 2 aromatic rings. The normalized spacial score (nSPS) is 10.3. The molecule has 0 bridgehead atoms. The highest BCUT2D eigenvalue weighted by Crippen LogP contribution is 2.20. The molecule has 0 heterocycles. The fourth-order valence-electron chi connectivity index (χ4n) is 1.47. The molecule has 0 aromatic heterocycles. The summed E-state index contributed by atoms with van der Waals surface area (Å²) < 4.78 is 39.3. The average Bonchev–Trinajstić information content (AvgIpc) is 2.32. The Morgan fingerprint density at radius 3 is 2.26 bits per heavy atom. The molecule has 0 atom stereocenters. The molecule has 0 saturated carbocycles. The zero-order valence-electron chi connectivity index (χ0n) is 9.38. The van der Waals surface area contributed by atoms with Gasteiger partial charge in [-0.2, -0.15) is 0 Å². The van der Waals surface area contributed by atoms with Crippen LogP contribution in [0.3, 0.4) is 0 Å². The maximum absolute atomic E-state index is 13.4. The lowest BCUT2D eigenvalue weighted by molar-refractivity contribution is 0.102. The third-order valence-corrected chi connectivity index (χ3v) is 2.54. The third kappa shape index (κ3) is 3.26. The van der Waals surface area contributed by atoms with Gasteiger partial charge in [-0.25, -0.2) is 13.2 Å². The van der Waals surface area contributed by atoms with Gasteiger partial charge in [-0.15, -0.1) is 0 Å². The van der Waals surface area contributed by atoms with E-state index in [0.29, 0.717) is 6.07 Å². The molecule has 2 nitrogen and oxygen atoms in total. The summed E-state index contributed by atoms with van der Waals surface area (Å²) in [7, 11) is 0. The van der Waals surface area contributed by atoms with E-state index in [0.717, 1.165) is 18.2 Å². The minimum absolute atomic E-state index is 0.165. The number of rotatable bonds is 2. The van der Waals surface area contributed by atoms with Crippen molar-refractivity contribution < 1.29 is 18.0 Å².